The number of carbonyl (C=O) groups excluding carboxylic acids is 2. The number of aryl methyl sites for hydroxylation is 1. The van der Waals surface area contributed by atoms with Crippen molar-refractivity contribution < 1.29 is 24.4 Å². The van der Waals surface area contributed by atoms with Gasteiger partial charge in [-0.15, -0.1) is 0 Å². The predicted octanol–water partition coefficient (Wildman–Crippen LogP) is 1.10. The van der Waals surface area contributed by atoms with Crippen LogP contribution in [0.25, 0.3) is 0 Å². The topological polar surface area (TPSA) is 110 Å². The van der Waals surface area contributed by atoms with Crippen molar-refractivity contribution in [3.63, 3.8) is 0 Å². The molecule has 8 heteroatoms. The summed E-state index contributed by atoms with van der Waals surface area (Å²) in [5, 5.41) is 20.9. The minimum absolute atomic E-state index is 0.157. The van der Waals surface area contributed by atoms with E-state index in [2.05, 4.69) is 0 Å². The Kier molecular flexibility index (Phi) is 3.02. The van der Waals surface area contributed by atoms with Crippen LogP contribution in [0.4, 0.5) is 11.4 Å². The second-order valence-corrected chi connectivity index (χ2v) is 6.93. The fraction of sp³-hybridized carbons (Fsp3) is 0.412. The molecule has 2 saturated heterocycles. The van der Waals surface area contributed by atoms with E-state index >= 15 is 0 Å². The number of nitro benzene ring substituents is 1. The highest BCUT2D eigenvalue weighted by Gasteiger charge is 2.72. The molecule has 0 radical (unpaired) electrons. The lowest BCUT2D eigenvalue weighted by molar-refractivity contribution is -0.385. The first kappa shape index (κ1) is 15.9. The molecular formula is C17H16N2O6. The fourth-order valence-electron chi connectivity index (χ4n) is 4.23. The maximum atomic E-state index is 13.0. The highest BCUT2D eigenvalue weighted by Crippen LogP contribution is 2.57. The van der Waals surface area contributed by atoms with Crippen LogP contribution in [0.5, 0.6) is 0 Å². The van der Waals surface area contributed by atoms with Crippen molar-refractivity contribution in [2.24, 2.45) is 11.8 Å². The van der Waals surface area contributed by atoms with Crippen LogP contribution in [0, 0.1) is 28.9 Å². The summed E-state index contributed by atoms with van der Waals surface area (Å²) in [4.78, 5) is 37.5. The standard InChI is InChI=1S/C17H16N2O6/c1-9-3-4-10(7-11(9)19(23)24)18-14(21)12-13(15(18)22)17(8-20)6-5-16(12,2)25-17/h3-7,12-13,20H,8H2,1-2H3/t12-,13+,16-,17+/m0/s1. The number of rotatable bonds is 3. The van der Waals surface area contributed by atoms with Gasteiger partial charge in [0.1, 0.15) is 5.60 Å². The summed E-state index contributed by atoms with van der Waals surface area (Å²) in [5.74, 6) is -2.55. The zero-order valence-electron chi connectivity index (χ0n) is 13.6. The zero-order valence-corrected chi connectivity index (χ0v) is 13.6. The average Bonchev–Trinajstić information content (AvgIpc) is 3.14. The molecule has 25 heavy (non-hydrogen) atoms. The molecule has 1 aromatic carbocycles. The minimum atomic E-state index is -1.21. The minimum Gasteiger partial charge on any atom is -0.393 e. The Morgan fingerprint density at radius 1 is 1.28 bits per heavy atom. The van der Waals surface area contributed by atoms with E-state index in [0.717, 1.165) is 4.90 Å². The van der Waals surface area contributed by atoms with Crippen molar-refractivity contribution in [2.45, 2.75) is 25.0 Å². The lowest BCUT2D eigenvalue weighted by Gasteiger charge is -2.26. The van der Waals surface area contributed by atoms with Gasteiger partial charge in [0, 0.05) is 11.6 Å². The molecule has 4 rings (SSSR count). The lowest BCUT2D eigenvalue weighted by Crippen LogP contribution is -2.43. The molecule has 3 aliphatic heterocycles. The monoisotopic (exact) mass is 344 g/mol. The third-order valence-electron chi connectivity index (χ3n) is 5.45. The number of nitrogens with zero attached hydrogens (tertiary/aromatic N) is 2. The number of hydrogen-bond acceptors (Lipinski definition) is 6. The molecule has 2 bridgehead atoms. The molecule has 130 valence electrons. The van der Waals surface area contributed by atoms with Gasteiger partial charge in [-0.05, 0) is 19.9 Å². The first-order valence-corrected chi connectivity index (χ1v) is 7.88. The number of nitro groups is 1. The number of aliphatic hydroxyl groups is 1. The fourth-order valence-corrected chi connectivity index (χ4v) is 4.23. The molecule has 0 unspecified atom stereocenters. The lowest BCUT2D eigenvalue weighted by atomic mass is 9.73. The van der Waals surface area contributed by atoms with Crippen LogP contribution in [0.15, 0.2) is 30.4 Å². The molecule has 0 aliphatic carbocycles. The first-order valence-electron chi connectivity index (χ1n) is 7.88. The van der Waals surface area contributed by atoms with E-state index in [9.17, 15) is 24.8 Å². The van der Waals surface area contributed by atoms with Crippen molar-refractivity contribution in [3.8, 4) is 0 Å². The van der Waals surface area contributed by atoms with Gasteiger partial charge in [-0.3, -0.25) is 19.7 Å². The zero-order chi connectivity index (χ0) is 18.1. The van der Waals surface area contributed by atoms with Crippen LogP contribution >= 0.6 is 0 Å². The van der Waals surface area contributed by atoms with Gasteiger partial charge in [0.25, 0.3) is 5.69 Å². The normalized spacial score (nSPS) is 35.6. The molecule has 8 nitrogen and oxygen atoms in total. The summed E-state index contributed by atoms with van der Waals surface area (Å²) in [6, 6.07) is 4.26. The van der Waals surface area contributed by atoms with E-state index in [0.29, 0.717) is 5.56 Å². The Labute approximate surface area is 142 Å². The molecule has 0 saturated carbocycles. The molecule has 0 aromatic heterocycles. The van der Waals surface area contributed by atoms with Crippen LogP contribution in [0.3, 0.4) is 0 Å². The van der Waals surface area contributed by atoms with E-state index in [4.69, 9.17) is 4.74 Å². The summed E-state index contributed by atoms with van der Waals surface area (Å²) in [6.07, 6.45) is 3.34. The number of ether oxygens (including phenoxy) is 1. The van der Waals surface area contributed by atoms with Crippen LogP contribution in [0.2, 0.25) is 0 Å². The summed E-state index contributed by atoms with van der Waals surface area (Å²) < 4.78 is 5.83. The van der Waals surface area contributed by atoms with Crippen LogP contribution < -0.4 is 4.90 Å². The van der Waals surface area contributed by atoms with E-state index in [1.807, 2.05) is 0 Å². The molecule has 3 aliphatic rings. The molecule has 2 amide bonds. The molecule has 3 heterocycles. The SMILES string of the molecule is Cc1ccc(N2C(=O)[C@@H]3[C@H](C2=O)[C@]2(CO)C=C[C@]3(C)O2)cc1[N+](=O)[O-]. The maximum Gasteiger partial charge on any atom is 0.274 e. The summed E-state index contributed by atoms with van der Waals surface area (Å²) in [6.45, 7) is 2.88. The highest BCUT2D eigenvalue weighted by atomic mass is 16.6. The van der Waals surface area contributed by atoms with E-state index in [1.165, 1.54) is 18.2 Å². The third kappa shape index (κ3) is 1.83. The van der Waals surface area contributed by atoms with Crippen LogP contribution in [0.1, 0.15) is 12.5 Å². The Bertz CT molecular complexity index is 865. The van der Waals surface area contributed by atoms with Gasteiger partial charge in [0.2, 0.25) is 11.8 Å². The van der Waals surface area contributed by atoms with E-state index in [1.54, 1.807) is 26.0 Å². The second kappa shape index (κ2) is 4.74. The van der Waals surface area contributed by atoms with Crippen LogP contribution in [-0.2, 0) is 14.3 Å². The van der Waals surface area contributed by atoms with E-state index < -0.39 is 46.4 Å². The van der Waals surface area contributed by atoms with Gasteiger partial charge in [-0.2, -0.15) is 0 Å². The second-order valence-electron chi connectivity index (χ2n) is 6.93. The molecule has 4 atom stereocenters. The summed E-state index contributed by atoms with van der Waals surface area (Å²) >= 11 is 0. The van der Waals surface area contributed by atoms with Crippen molar-refractivity contribution in [2.75, 3.05) is 11.5 Å². The number of anilines is 1. The molecule has 2 fully saturated rings. The highest BCUT2D eigenvalue weighted by molar-refractivity contribution is 6.23. The van der Waals surface area contributed by atoms with Gasteiger partial charge in [-0.25, -0.2) is 4.90 Å². The number of aliphatic hydroxyl groups excluding tert-OH is 1. The largest absolute Gasteiger partial charge is 0.393 e. The molecule has 0 spiro atoms. The van der Waals surface area contributed by atoms with Crippen molar-refractivity contribution in [3.05, 3.63) is 46.0 Å². The number of imide groups is 1. The smallest absolute Gasteiger partial charge is 0.274 e. The molecule has 1 aromatic rings. The summed E-state index contributed by atoms with van der Waals surface area (Å²) in [7, 11) is 0. The van der Waals surface area contributed by atoms with Gasteiger partial charge in [-0.1, -0.05) is 18.2 Å². The predicted molar refractivity (Wildman–Crippen MR) is 85.8 cm³/mol. The average molecular weight is 344 g/mol. The van der Waals surface area contributed by atoms with Crippen molar-refractivity contribution in [1.29, 1.82) is 0 Å². The van der Waals surface area contributed by atoms with Crippen molar-refractivity contribution in [1.82, 2.24) is 0 Å². The van der Waals surface area contributed by atoms with Crippen LogP contribution in [-0.4, -0.2) is 39.7 Å². The summed E-state index contributed by atoms with van der Waals surface area (Å²) in [5.41, 5.74) is -1.73. The molecular weight excluding hydrogens is 328 g/mol. The van der Waals surface area contributed by atoms with Gasteiger partial charge < -0.3 is 9.84 Å². The van der Waals surface area contributed by atoms with Gasteiger partial charge >= 0.3 is 0 Å². The Morgan fingerprint density at radius 2 is 1.96 bits per heavy atom. The number of amides is 2. The molecule has 1 N–H and O–H groups in total. The van der Waals surface area contributed by atoms with E-state index in [-0.39, 0.29) is 11.4 Å². The van der Waals surface area contributed by atoms with Gasteiger partial charge in [0.15, 0.2) is 0 Å². The number of benzene rings is 1. The third-order valence-corrected chi connectivity index (χ3v) is 5.45. The Morgan fingerprint density at radius 3 is 2.60 bits per heavy atom. The number of fused-ring (bicyclic) bond motifs is 5. The van der Waals surface area contributed by atoms with Gasteiger partial charge in [0.05, 0.1) is 34.7 Å². The van der Waals surface area contributed by atoms with Crippen molar-refractivity contribution >= 4 is 23.2 Å². The Hall–Kier alpha value is -2.58. The first-order chi connectivity index (χ1) is 11.7. The number of carbonyl (C=O) groups is 2. The number of hydrogen-bond donors (Lipinski definition) is 1. The Balaban J connectivity index is 1.81. The quantitative estimate of drug-likeness (QED) is 0.380. The maximum absolute atomic E-state index is 13.0.